The van der Waals surface area contributed by atoms with Crippen LogP contribution in [0.25, 0.3) is 0 Å². The fourth-order valence-electron chi connectivity index (χ4n) is 1.42. The second kappa shape index (κ2) is 4.95. The first-order valence-corrected chi connectivity index (χ1v) is 5.43. The summed E-state index contributed by atoms with van der Waals surface area (Å²) < 4.78 is 12.8. The molecule has 0 amide bonds. The van der Waals surface area contributed by atoms with Crippen LogP contribution in [-0.4, -0.2) is 11.7 Å². The lowest BCUT2D eigenvalue weighted by Gasteiger charge is -2.26. The van der Waals surface area contributed by atoms with Crippen LogP contribution in [0.1, 0.15) is 25.8 Å². The Morgan fingerprint density at radius 2 is 2.13 bits per heavy atom. The first-order valence-electron chi connectivity index (χ1n) is 5.05. The number of aliphatic hydroxyl groups excluding tert-OH is 1. The van der Waals surface area contributed by atoms with E-state index >= 15 is 0 Å². The highest BCUT2D eigenvalue weighted by Crippen LogP contribution is 2.29. The normalized spacial score (nSPS) is 15.0. The molecule has 1 atom stereocenters. The van der Waals surface area contributed by atoms with Crippen molar-refractivity contribution in [2.45, 2.75) is 26.7 Å². The Morgan fingerprint density at radius 3 is 2.60 bits per heavy atom. The van der Waals surface area contributed by atoms with Gasteiger partial charge in [-0.05, 0) is 36.0 Å². The standard InChI is InChI=1S/C12H16ClFO/c1-3-12(2,8-15)7-9-4-5-10(14)6-11(9)13/h4-6,15H,3,7-8H2,1-2H3. The van der Waals surface area contributed by atoms with Crippen LogP contribution in [0.2, 0.25) is 5.02 Å². The summed E-state index contributed by atoms with van der Waals surface area (Å²) in [5.41, 5.74) is 0.707. The smallest absolute Gasteiger partial charge is 0.124 e. The summed E-state index contributed by atoms with van der Waals surface area (Å²) in [7, 11) is 0. The molecule has 0 aliphatic carbocycles. The van der Waals surface area contributed by atoms with Gasteiger partial charge in [-0.2, -0.15) is 0 Å². The highest BCUT2D eigenvalue weighted by Gasteiger charge is 2.22. The minimum atomic E-state index is -0.328. The molecule has 0 aliphatic heterocycles. The van der Waals surface area contributed by atoms with Gasteiger partial charge >= 0.3 is 0 Å². The zero-order valence-electron chi connectivity index (χ0n) is 9.06. The molecule has 0 spiro atoms. The third-order valence-electron chi connectivity index (χ3n) is 2.87. The van der Waals surface area contributed by atoms with Crippen LogP contribution >= 0.6 is 11.6 Å². The Labute approximate surface area is 94.9 Å². The number of halogens is 2. The van der Waals surface area contributed by atoms with E-state index in [1.165, 1.54) is 12.1 Å². The predicted octanol–water partition coefficient (Wildman–Crippen LogP) is 3.43. The summed E-state index contributed by atoms with van der Waals surface area (Å²) in [5.74, 6) is -0.328. The van der Waals surface area contributed by atoms with Crippen LogP contribution in [0.5, 0.6) is 0 Å². The third-order valence-corrected chi connectivity index (χ3v) is 3.22. The van der Waals surface area contributed by atoms with Crippen LogP contribution < -0.4 is 0 Å². The van der Waals surface area contributed by atoms with Crippen molar-refractivity contribution in [3.05, 3.63) is 34.6 Å². The number of aliphatic hydroxyl groups is 1. The van der Waals surface area contributed by atoms with Crippen LogP contribution in [0.15, 0.2) is 18.2 Å². The van der Waals surface area contributed by atoms with Gasteiger partial charge in [-0.3, -0.25) is 0 Å². The first-order chi connectivity index (χ1) is 7.00. The molecule has 15 heavy (non-hydrogen) atoms. The minimum Gasteiger partial charge on any atom is -0.396 e. The highest BCUT2D eigenvalue weighted by molar-refractivity contribution is 6.31. The fraction of sp³-hybridized carbons (Fsp3) is 0.500. The molecule has 0 aliphatic rings. The Morgan fingerprint density at radius 1 is 1.47 bits per heavy atom. The van der Waals surface area contributed by atoms with E-state index < -0.39 is 0 Å². The second-order valence-electron chi connectivity index (χ2n) is 4.23. The van der Waals surface area contributed by atoms with Crippen molar-refractivity contribution >= 4 is 11.6 Å². The molecule has 0 saturated heterocycles. The largest absolute Gasteiger partial charge is 0.396 e. The van der Waals surface area contributed by atoms with Gasteiger partial charge in [-0.15, -0.1) is 0 Å². The monoisotopic (exact) mass is 230 g/mol. The lowest BCUT2D eigenvalue weighted by molar-refractivity contribution is 0.138. The molecule has 1 rings (SSSR count). The van der Waals surface area contributed by atoms with Gasteiger partial charge in [0.05, 0.1) is 0 Å². The van der Waals surface area contributed by atoms with E-state index in [9.17, 15) is 9.50 Å². The molecule has 1 unspecified atom stereocenters. The van der Waals surface area contributed by atoms with E-state index in [-0.39, 0.29) is 17.8 Å². The Bertz CT molecular complexity index is 334. The molecule has 3 heteroatoms. The third kappa shape index (κ3) is 3.18. The summed E-state index contributed by atoms with van der Waals surface area (Å²) in [6.07, 6.45) is 1.52. The van der Waals surface area contributed by atoms with E-state index in [1.54, 1.807) is 6.07 Å². The summed E-state index contributed by atoms with van der Waals surface area (Å²) in [4.78, 5) is 0. The molecule has 0 fully saturated rings. The molecule has 1 nitrogen and oxygen atoms in total. The van der Waals surface area contributed by atoms with Gasteiger partial charge in [-0.25, -0.2) is 4.39 Å². The topological polar surface area (TPSA) is 20.2 Å². The second-order valence-corrected chi connectivity index (χ2v) is 4.64. The quantitative estimate of drug-likeness (QED) is 0.840. The zero-order chi connectivity index (χ0) is 11.5. The van der Waals surface area contributed by atoms with Crippen molar-refractivity contribution in [2.24, 2.45) is 5.41 Å². The average Bonchev–Trinajstić information content (AvgIpc) is 2.22. The molecule has 1 aromatic carbocycles. The minimum absolute atomic E-state index is 0.108. The van der Waals surface area contributed by atoms with Crippen molar-refractivity contribution in [2.75, 3.05) is 6.61 Å². The number of hydrogen-bond acceptors (Lipinski definition) is 1. The molecule has 0 radical (unpaired) electrons. The van der Waals surface area contributed by atoms with E-state index in [0.717, 1.165) is 12.0 Å². The van der Waals surface area contributed by atoms with Crippen molar-refractivity contribution in [1.82, 2.24) is 0 Å². The number of rotatable bonds is 4. The Balaban J connectivity index is 2.89. The van der Waals surface area contributed by atoms with Crippen LogP contribution in [0.3, 0.4) is 0 Å². The SMILES string of the molecule is CCC(C)(CO)Cc1ccc(F)cc1Cl. The molecular weight excluding hydrogens is 215 g/mol. The van der Waals surface area contributed by atoms with Gasteiger partial charge in [0.15, 0.2) is 0 Å². The molecule has 1 N–H and O–H groups in total. The molecule has 0 aromatic heterocycles. The number of hydrogen-bond donors (Lipinski definition) is 1. The van der Waals surface area contributed by atoms with Gasteiger partial charge in [0, 0.05) is 11.6 Å². The highest BCUT2D eigenvalue weighted by atomic mass is 35.5. The molecule has 0 bridgehead atoms. The fourth-order valence-corrected chi connectivity index (χ4v) is 1.65. The van der Waals surface area contributed by atoms with Gasteiger partial charge < -0.3 is 5.11 Å². The molecule has 0 heterocycles. The lowest BCUT2D eigenvalue weighted by Crippen LogP contribution is -2.23. The maximum absolute atomic E-state index is 12.8. The maximum atomic E-state index is 12.8. The molecule has 84 valence electrons. The lowest BCUT2D eigenvalue weighted by atomic mass is 9.82. The van der Waals surface area contributed by atoms with Gasteiger partial charge in [0.25, 0.3) is 0 Å². The molecular formula is C12H16ClFO. The van der Waals surface area contributed by atoms with Crippen molar-refractivity contribution < 1.29 is 9.50 Å². The molecule has 1 aromatic rings. The van der Waals surface area contributed by atoms with Crippen LogP contribution in [0.4, 0.5) is 4.39 Å². The zero-order valence-corrected chi connectivity index (χ0v) is 9.81. The summed E-state index contributed by atoms with van der Waals surface area (Å²) in [5, 5.41) is 9.71. The Kier molecular flexibility index (Phi) is 4.12. The van der Waals surface area contributed by atoms with Crippen molar-refractivity contribution in [3.8, 4) is 0 Å². The van der Waals surface area contributed by atoms with E-state index in [1.807, 2.05) is 13.8 Å². The maximum Gasteiger partial charge on any atom is 0.124 e. The van der Waals surface area contributed by atoms with Crippen LogP contribution in [0, 0.1) is 11.2 Å². The van der Waals surface area contributed by atoms with E-state index in [2.05, 4.69) is 0 Å². The van der Waals surface area contributed by atoms with E-state index in [0.29, 0.717) is 11.4 Å². The van der Waals surface area contributed by atoms with Gasteiger partial charge in [0.1, 0.15) is 5.82 Å². The predicted molar refractivity (Wildman–Crippen MR) is 60.6 cm³/mol. The summed E-state index contributed by atoms with van der Waals surface area (Å²) in [6.45, 7) is 4.12. The van der Waals surface area contributed by atoms with Crippen molar-refractivity contribution in [1.29, 1.82) is 0 Å². The first kappa shape index (κ1) is 12.5. The average molecular weight is 231 g/mol. The van der Waals surface area contributed by atoms with Crippen LogP contribution in [-0.2, 0) is 6.42 Å². The van der Waals surface area contributed by atoms with E-state index in [4.69, 9.17) is 11.6 Å². The molecule has 0 saturated carbocycles. The number of benzene rings is 1. The summed E-state index contributed by atoms with van der Waals surface area (Å²) >= 11 is 5.93. The van der Waals surface area contributed by atoms with Crippen molar-refractivity contribution in [3.63, 3.8) is 0 Å². The summed E-state index contributed by atoms with van der Waals surface area (Å²) in [6, 6.07) is 4.39. The Hall–Kier alpha value is -0.600. The van der Waals surface area contributed by atoms with Gasteiger partial charge in [-0.1, -0.05) is 31.5 Å². The van der Waals surface area contributed by atoms with Gasteiger partial charge in [0.2, 0.25) is 0 Å².